The lowest BCUT2D eigenvalue weighted by atomic mass is 10.1. The molecule has 0 fully saturated rings. The zero-order valence-corrected chi connectivity index (χ0v) is 8.06. The smallest absolute Gasteiger partial charge is 0.0692 e. The second-order valence-corrected chi connectivity index (χ2v) is 3.19. The Hall–Kier alpha value is -0.340. The Kier molecular flexibility index (Phi) is 3.09. The quantitative estimate of drug-likeness (QED) is 0.803. The molecule has 0 saturated carbocycles. The average molecular weight is 215 g/mol. The molecule has 0 aliphatic heterocycles. The Morgan fingerprint density at radius 2 is 2.00 bits per heavy atom. The fraction of sp³-hybridized carbons (Fsp3) is 0.333. The summed E-state index contributed by atoms with van der Waals surface area (Å²) < 4.78 is 1.05. The maximum Gasteiger partial charge on any atom is 0.0692 e. The van der Waals surface area contributed by atoms with Crippen molar-refractivity contribution in [1.82, 2.24) is 0 Å². The molecule has 1 aromatic rings. The van der Waals surface area contributed by atoms with E-state index in [-0.39, 0.29) is 6.61 Å². The van der Waals surface area contributed by atoms with Crippen LogP contribution in [0.4, 0.5) is 0 Å². The van der Waals surface area contributed by atoms with Gasteiger partial charge < -0.3 is 5.11 Å². The maximum absolute atomic E-state index is 8.91. The van der Waals surface area contributed by atoms with Crippen LogP contribution in [0.5, 0.6) is 0 Å². The van der Waals surface area contributed by atoms with E-state index >= 15 is 0 Å². The van der Waals surface area contributed by atoms with E-state index in [2.05, 4.69) is 28.9 Å². The lowest BCUT2D eigenvalue weighted by Gasteiger charge is -2.04. The van der Waals surface area contributed by atoms with Crippen LogP contribution in [-0.2, 0) is 13.0 Å². The van der Waals surface area contributed by atoms with E-state index in [9.17, 15) is 0 Å². The van der Waals surface area contributed by atoms with Crippen LogP contribution >= 0.6 is 15.9 Å². The molecule has 0 amide bonds. The first-order valence-corrected chi connectivity index (χ1v) is 4.46. The summed E-state index contributed by atoms with van der Waals surface area (Å²) >= 11 is 3.44. The number of hydrogen-bond acceptors (Lipinski definition) is 1. The van der Waals surface area contributed by atoms with Crippen LogP contribution in [0.1, 0.15) is 18.1 Å². The zero-order valence-electron chi connectivity index (χ0n) is 6.47. The highest BCUT2D eigenvalue weighted by atomic mass is 79.9. The molecule has 1 nitrogen and oxygen atoms in total. The topological polar surface area (TPSA) is 20.2 Å². The summed E-state index contributed by atoms with van der Waals surface area (Å²) in [7, 11) is 0. The third-order valence-corrected chi connectivity index (χ3v) is 2.73. The van der Waals surface area contributed by atoms with E-state index < -0.39 is 0 Å². The first-order valence-electron chi connectivity index (χ1n) is 3.66. The number of hydrogen-bond donors (Lipinski definition) is 1. The molecule has 0 radical (unpaired) electrons. The van der Waals surface area contributed by atoms with E-state index in [1.54, 1.807) is 0 Å². The second-order valence-electron chi connectivity index (χ2n) is 2.40. The average Bonchev–Trinajstić information content (AvgIpc) is 2.05. The normalized spacial score (nSPS) is 10.1. The minimum absolute atomic E-state index is 0.106. The van der Waals surface area contributed by atoms with Gasteiger partial charge in [0.2, 0.25) is 0 Å². The number of halogens is 1. The Bertz CT molecular complexity index is 223. The lowest BCUT2D eigenvalue weighted by molar-refractivity contribution is 0.281. The number of aryl methyl sites for hydroxylation is 1. The van der Waals surface area contributed by atoms with Crippen molar-refractivity contribution in [1.29, 1.82) is 0 Å². The predicted molar refractivity (Wildman–Crippen MR) is 49.4 cm³/mol. The molecule has 1 rings (SSSR count). The summed E-state index contributed by atoms with van der Waals surface area (Å²) in [6.45, 7) is 2.20. The van der Waals surface area contributed by atoms with E-state index in [1.165, 1.54) is 5.56 Å². The molecule has 2 heteroatoms. The van der Waals surface area contributed by atoms with Gasteiger partial charge in [-0.3, -0.25) is 0 Å². The number of benzene rings is 1. The third kappa shape index (κ3) is 1.82. The van der Waals surface area contributed by atoms with Gasteiger partial charge in [-0.15, -0.1) is 0 Å². The summed E-state index contributed by atoms with van der Waals surface area (Å²) in [6.07, 6.45) is 0.994. The van der Waals surface area contributed by atoms with Gasteiger partial charge >= 0.3 is 0 Å². The second kappa shape index (κ2) is 3.88. The Labute approximate surface area is 75.2 Å². The van der Waals surface area contributed by atoms with Crippen LogP contribution in [0, 0.1) is 0 Å². The highest BCUT2D eigenvalue weighted by molar-refractivity contribution is 9.10. The first-order chi connectivity index (χ1) is 5.29. The van der Waals surface area contributed by atoms with Gasteiger partial charge in [-0.25, -0.2) is 0 Å². The van der Waals surface area contributed by atoms with Gasteiger partial charge in [0.1, 0.15) is 0 Å². The van der Waals surface area contributed by atoms with Gasteiger partial charge in [0, 0.05) is 4.47 Å². The first kappa shape index (κ1) is 8.75. The van der Waals surface area contributed by atoms with E-state index in [1.807, 2.05) is 12.1 Å². The summed E-state index contributed by atoms with van der Waals surface area (Å²) in [5.41, 5.74) is 2.21. The molecule has 0 spiro atoms. The molecule has 0 bridgehead atoms. The highest BCUT2D eigenvalue weighted by Gasteiger charge is 2.01. The van der Waals surface area contributed by atoms with Crippen molar-refractivity contribution >= 4 is 15.9 Å². The molecular formula is C9H11BrO. The maximum atomic E-state index is 8.91. The van der Waals surface area contributed by atoms with Gasteiger partial charge in [-0.2, -0.15) is 0 Å². The van der Waals surface area contributed by atoms with E-state index in [4.69, 9.17) is 5.11 Å². The predicted octanol–water partition coefficient (Wildman–Crippen LogP) is 2.50. The molecule has 0 aliphatic carbocycles. The van der Waals surface area contributed by atoms with Gasteiger partial charge in [0.05, 0.1) is 6.61 Å². The van der Waals surface area contributed by atoms with Crippen molar-refractivity contribution in [3.8, 4) is 0 Å². The van der Waals surface area contributed by atoms with Crippen molar-refractivity contribution in [3.05, 3.63) is 33.8 Å². The van der Waals surface area contributed by atoms with Crippen molar-refractivity contribution in [2.75, 3.05) is 0 Å². The van der Waals surface area contributed by atoms with Gasteiger partial charge in [0.25, 0.3) is 0 Å². The lowest BCUT2D eigenvalue weighted by Crippen LogP contribution is -1.89. The zero-order chi connectivity index (χ0) is 8.27. The van der Waals surface area contributed by atoms with Crippen molar-refractivity contribution in [2.24, 2.45) is 0 Å². The molecule has 0 unspecified atom stereocenters. The van der Waals surface area contributed by atoms with Crippen molar-refractivity contribution in [2.45, 2.75) is 20.0 Å². The van der Waals surface area contributed by atoms with Gasteiger partial charge in [0.15, 0.2) is 0 Å². The summed E-state index contributed by atoms with van der Waals surface area (Å²) in [5, 5.41) is 8.91. The SMILES string of the molecule is CCc1cccc(CO)c1Br. The van der Waals surface area contributed by atoms with E-state index in [0.29, 0.717) is 0 Å². The van der Waals surface area contributed by atoms with Crippen LogP contribution < -0.4 is 0 Å². The summed E-state index contributed by atoms with van der Waals surface area (Å²) in [5.74, 6) is 0. The molecular weight excluding hydrogens is 204 g/mol. The number of rotatable bonds is 2. The van der Waals surface area contributed by atoms with Gasteiger partial charge in [-0.05, 0) is 17.5 Å². The minimum Gasteiger partial charge on any atom is -0.392 e. The summed E-state index contributed by atoms with van der Waals surface area (Å²) in [4.78, 5) is 0. The van der Waals surface area contributed by atoms with Crippen molar-refractivity contribution in [3.63, 3.8) is 0 Å². The Morgan fingerprint density at radius 1 is 1.36 bits per heavy atom. The van der Waals surface area contributed by atoms with Gasteiger partial charge in [-0.1, -0.05) is 41.1 Å². The van der Waals surface area contributed by atoms with Crippen molar-refractivity contribution < 1.29 is 5.11 Å². The third-order valence-electron chi connectivity index (χ3n) is 1.71. The molecule has 60 valence electrons. The fourth-order valence-corrected chi connectivity index (χ4v) is 1.70. The molecule has 0 aromatic heterocycles. The highest BCUT2D eigenvalue weighted by Crippen LogP contribution is 2.21. The van der Waals surface area contributed by atoms with Crippen LogP contribution in [0.25, 0.3) is 0 Å². The largest absolute Gasteiger partial charge is 0.392 e. The summed E-state index contributed by atoms with van der Waals surface area (Å²) in [6, 6.07) is 5.95. The molecule has 0 atom stereocenters. The molecule has 0 saturated heterocycles. The van der Waals surface area contributed by atoms with Crippen LogP contribution in [0.15, 0.2) is 22.7 Å². The molecule has 0 aliphatic rings. The molecule has 1 N–H and O–H groups in total. The number of aliphatic hydroxyl groups is 1. The minimum atomic E-state index is 0.106. The molecule has 1 aromatic carbocycles. The van der Waals surface area contributed by atoms with Crippen LogP contribution in [-0.4, -0.2) is 5.11 Å². The monoisotopic (exact) mass is 214 g/mol. The van der Waals surface area contributed by atoms with E-state index in [0.717, 1.165) is 16.5 Å². The molecule has 11 heavy (non-hydrogen) atoms. The number of aliphatic hydroxyl groups excluding tert-OH is 1. The standard InChI is InChI=1S/C9H11BrO/c1-2-7-4-3-5-8(6-11)9(7)10/h3-5,11H,2,6H2,1H3. The van der Waals surface area contributed by atoms with Crippen LogP contribution in [0.2, 0.25) is 0 Å². The molecule has 0 heterocycles. The van der Waals surface area contributed by atoms with Crippen LogP contribution in [0.3, 0.4) is 0 Å². The Balaban J connectivity index is 3.10. The Morgan fingerprint density at radius 3 is 2.55 bits per heavy atom. The fourth-order valence-electron chi connectivity index (χ4n) is 1.03.